The molecule has 0 aromatic carbocycles. The molecule has 0 aromatic rings. The Morgan fingerprint density at radius 3 is 1.59 bits per heavy atom. The van der Waals surface area contributed by atoms with Crippen LogP contribution < -0.4 is 11.1 Å². The van der Waals surface area contributed by atoms with E-state index in [2.05, 4.69) is 92.1 Å². The standard InChI is InChI=1S/C49H84N2O5/c1-3-5-7-9-11-13-14-15-16-17-18-19-20-21-22-23-24-25-27-33-37-43-48(53)56-45(39-34-30-26-12-10-8-6-4-2)40-35-31-28-29-32-36-42-47(52)51-46(49(54)55)41-38-44-50/h5,7,11-13,15-16,18-19,26,34,39,45-46H,3-4,6,8-10,14,17,20-25,27-33,35-38,40-44,50H2,1-2H3,(H,51,52)(H,54,55)/b7-5-,13-11-,16-15-,19-18-,26-12-,39-34-. The van der Waals surface area contributed by atoms with Crippen LogP contribution in [0.3, 0.4) is 0 Å². The highest BCUT2D eigenvalue weighted by Crippen LogP contribution is 2.16. The quantitative estimate of drug-likeness (QED) is 0.0324. The van der Waals surface area contributed by atoms with Crippen LogP contribution in [0.5, 0.6) is 0 Å². The summed E-state index contributed by atoms with van der Waals surface area (Å²) in [6, 6.07) is -0.859. The van der Waals surface area contributed by atoms with E-state index in [0.29, 0.717) is 32.2 Å². The van der Waals surface area contributed by atoms with Crippen LogP contribution in [-0.4, -0.2) is 41.6 Å². The molecule has 4 N–H and O–H groups in total. The zero-order valence-electron chi connectivity index (χ0n) is 36.0. The molecule has 2 atom stereocenters. The van der Waals surface area contributed by atoms with Gasteiger partial charge in [-0.15, -0.1) is 0 Å². The van der Waals surface area contributed by atoms with Crippen LogP contribution in [0.4, 0.5) is 0 Å². The first-order valence-corrected chi connectivity index (χ1v) is 22.8. The van der Waals surface area contributed by atoms with E-state index in [1.165, 1.54) is 64.2 Å². The third-order valence-corrected chi connectivity index (χ3v) is 9.74. The van der Waals surface area contributed by atoms with Crippen molar-refractivity contribution >= 4 is 17.8 Å². The van der Waals surface area contributed by atoms with Gasteiger partial charge in [0, 0.05) is 12.8 Å². The van der Waals surface area contributed by atoms with Crippen LogP contribution in [0.2, 0.25) is 0 Å². The minimum atomic E-state index is -1.01. The number of aliphatic carboxylic acids is 1. The number of nitrogens with one attached hydrogen (secondary N) is 1. The number of carbonyl (C=O) groups excluding carboxylic acids is 2. The van der Waals surface area contributed by atoms with Crippen molar-refractivity contribution in [1.29, 1.82) is 0 Å². The minimum absolute atomic E-state index is 0.0861. The number of ether oxygens (including phenoxy) is 1. The molecule has 0 spiro atoms. The number of allylic oxidation sites excluding steroid dienone is 11. The summed E-state index contributed by atoms with van der Waals surface area (Å²) in [4.78, 5) is 36.3. The van der Waals surface area contributed by atoms with Crippen LogP contribution in [0.25, 0.3) is 0 Å². The lowest BCUT2D eigenvalue weighted by Crippen LogP contribution is -2.40. The number of nitrogens with two attached hydrogens (primary N) is 1. The van der Waals surface area contributed by atoms with E-state index in [-0.39, 0.29) is 18.0 Å². The normalized spacial score (nSPS) is 13.3. The molecule has 0 aliphatic rings. The maximum Gasteiger partial charge on any atom is 0.326 e. The van der Waals surface area contributed by atoms with Gasteiger partial charge < -0.3 is 20.9 Å². The number of unbranched alkanes of at least 4 members (excludes halogenated alkanes) is 16. The topological polar surface area (TPSA) is 119 Å². The Morgan fingerprint density at radius 2 is 1.04 bits per heavy atom. The van der Waals surface area contributed by atoms with E-state index in [1.54, 1.807) is 0 Å². The van der Waals surface area contributed by atoms with E-state index in [4.69, 9.17) is 10.5 Å². The van der Waals surface area contributed by atoms with Gasteiger partial charge in [0.15, 0.2) is 0 Å². The zero-order valence-corrected chi connectivity index (χ0v) is 36.0. The fourth-order valence-corrected chi connectivity index (χ4v) is 6.33. The monoisotopic (exact) mass is 781 g/mol. The molecule has 0 bridgehead atoms. The van der Waals surface area contributed by atoms with Crippen molar-refractivity contribution in [1.82, 2.24) is 5.32 Å². The van der Waals surface area contributed by atoms with E-state index in [0.717, 1.165) is 96.3 Å². The fraction of sp³-hybridized carbons (Fsp3) is 0.694. The van der Waals surface area contributed by atoms with E-state index in [9.17, 15) is 19.5 Å². The van der Waals surface area contributed by atoms with Gasteiger partial charge in [0.05, 0.1) is 0 Å². The van der Waals surface area contributed by atoms with E-state index < -0.39 is 12.0 Å². The highest BCUT2D eigenvalue weighted by atomic mass is 16.5. The van der Waals surface area contributed by atoms with Crippen molar-refractivity contribution in [2.24, 2.45) is 5.73 Å². The van der Waals surface area contributed by atoms with Crippen LogP contribution in [0, 0.1) is 0 Å². The third-order valence-electron chi connectivity index (χ3n) is 9.74. The van der Waals surface area contributed by atoms with Crippen molar-refractivity contribution < 1.29 is 24.2 Å². The lowest BCUT2D eigenvalue weighted by atomic mass is 10.0. The van der Waals surface area contributed by atoms with Gasteiger partial charge in [0.25, 0.3) is 0 Å². The Morgan fingerprint density at radius 1 is 0.554 bits per heavy atom. The molecule has 0 aliphatic carbocycles. The number of hydrogen-bond acceptors (Lipinski definition) is 5. The van der Waals surface area contributed by atoms with Crippen LogP contribution in [-0.2, 0) is 19.1 Å². The number of carbonyl (C=O) groups is 3. The molecule has 0 saturated carbocycles. The Hall–Kier alpha value is -3.19. The summed E-state index contributed by atoms with van der Waals surface area (Å²) < 4.78 is 5.94. The molecule has 7 nitrogen and oxygen atoms in total. The van der Waals surface area contributed by atoms with Crippen LogP contribution in [0.1, 0.15) is 200 Å². The summed E-state index contributed by atoms with van der Waals surface area (Å²) in [7, 11) is 0. The molecule has 0 rings (SSSR count). The van der Waals surface area contributed by atoms with Crippen LogP contribution in [0.15, 0.2) is 72.9 Å². The number of rotatable bonds is 40. The second kappa shape index (κ2) is 42.9. The Labute approximate surface area is 343 Å². The average molecular weight is 781 g/mol. The van der Waals surface area contributed by atoms with Gasteiger partial charge in [-0.25, -0.2) is 4.79 Å². The molecule has 0 radical (unpaired) electrons. The van der Waals surface area contributed by atoms with Crippen molar-refractivity contribution in [2.45, 2.75) is 212 Å². The maximum atomic E-state index is 12.8. The Balaban J connectivity index is 4.21. The molecule has 0 heterocycles. The highest BCUT2D eigenvalue weighted by molar-refractivity contribution is 5.83. The molecule has 0 aliphatic heterocycles. The maximum absolute atomic E-state index is 12.8. The summed E-state index contributed by atoms with van der Waals surface area (Å²) in [5.74, 6) is -1.30. The van der Waals surface area contributed by atoms with Gasteiger partial charge >= 0.3 is 11.9 Å². The van der Waals surface area contributed by atoms with E-state index >= 15 is 0 Å². The molecule has 1 amide bonds. The Bertz CT molecular complexity index is 1110. The van der Waals surface area contributed by atoms with Gasteiger partial charge in [0.2, 0.25) is 5.91 Å². The zero-order chi connectivity index (χ0) is 41.0. The number of esters is 1. The molecule has 0 aromatic heterocycles. The molecule has 2 unspecified atom stereocenters. The summed E-state index contributed by atoms with van der Waals surface area (Å²) in [5.41, 5.74) is 5.48. The second-order valence-electron chi connectivity index (χ2n) is 15.1. The van der Waals surface area contributed by atoms with Crippen molar-refractivity contribution in [3.63, 3.8) is 0 Å². The predicted molar refractivity (Wildman–Crippen MR) is 239 cm³/mol. The highest BCUT2D eigenvalue weighted by Gasteiger charge is 2.18. The van der Waals surface area contributed by atoms with E-state index in [1.807, 2.05) is 0 Å². The molecule has 56 heavy (non-hydrogen) atoms. The SMILES string of the molecule is CC/C=C\C/C=C\C/C=C\C/C=C\CCCCCCCCCCC(=O)OC(/C=C\C/C=C\CCCCC)CCCCCCCCC(=O)NC(CCCN)C(=O)O. The number of carboxylic acids is 1. The predicted octanol–water partition coefficient (Wildman–Crippen LogP) is 13.1. The second-order valence-corrected chi connectivity index (χ2v) is 15.1. The summed E-state index contributed by atoms with van der Waals surface area (Å²) in [6.07, 6.45) is 55.4. The smallest absolute Gasteiger partial charge is 0.326 e. The largest absolute Gasteiger partial charge is 0.480 e. The molecule has 0 fully saturated rings. The summed E-state index contributed by atoms with van der Waals surface area (Å²) in [5, 5.41) is 11.9. The molecular weight excluding hydrogens is 697 g/mol. The van der Waals surface area contributed by atoms with Gasteiger partial charge in [-0.1, -0.05) is 158 Å². The number of hydrogen-bond donors (Lipinski definition) is 3. The average Bonchev–Trinajstić information content (AvgIpc) is 3.18. The van der Waals surface area contributed by atoms with Crippen molar-refractivity contribution in [2.75, 3.05) is 6.54 Å². The minimum Gasteiger partial charge on any atom is -0.480 e. The van der Waals surface area contributed by atoms with Gasteiger partial charge in [0.1, 0.15) is 12.1 Å². The Kier molecular flexibility index (Phi) is 40.5. The van der Waals surface area contributed by atoms with Crippen LogP contribution >= 0.6 is 0 Å². The van der Waals surface area contributed by atoms with Gasteiger partial charge in [-0.2, -0.15) is 0 Å². The van der Waals surface area contributed by atoms with Crippen molar-refractivity contribution in [3.05, 3.63) is 72.9 Å². The summed E-state index contributed by atoms with van der Waals surface area (Å²) in [6.45, 7) is 4.79. The number of amides is 1. The first kappa shape index (κ1) is 52.8. The summed E-state index contributed by atoms with van der Waals surface area (Å²) >= 11 is 0. The van der Waals surface area contributed by atoms with Crippen molar-refractivity contribution in [3.8, 4) is 0 Å². The molecular formula is C49H84N2O5. The first-order chi connectivity index (χ1) is 27.4. The molecule has 0 saturated heterocycles. The third kappa shape index (κ3) is 39.1. The lowest BCUT2D eigenvalue weighted by molar-refractivity contribution is -0.147. The number of carboxylic acid groups (broad SMARTS) is 1. The fourth-order valence-electron chi connectivity index (χ4n) is 6.33. The van der Waals surface area contributed by atoms with Gasteiger partial charge in [-0.05, 0) is 109 Å². The molecule has 7 heteroatoms. The molecule has 320 valence electrons. The first-order valence-electron chi connectivity index (χ1n) is 22.8. The lowest BCUT2D eigenvalue weighted by Gasteiger charge is -2.15. The van der Waals surface area contributed by atoms with Gasteiger partial charge in [-0.3, -0.25) is 9.59 Å².